The van der Waals surface area contributed by atoms with Crippen LogP contribution < -0.4 is 0 Å². The first kappa shape index (κ1) is 22.0. The smallest absolute Gasteiger partial charge is 0.222 e. The van der Waals surface area contributed by atoms with Crippen LogP contribution in [0.15, 0.2) is 97.1 Å². The molecule has 0 radical (unpaired) electrons. The van der Waals surface area contributed by atoms with Crippen molar-refractivity contribution in [3.05, 3.63) is 114 Å². The molecule has 0 unspecified atom stereocenters. The molecule has 1 amide bonds. The fourth-order valence-electron chi connectivity index (χ4n) is 4.40. The summed E-state index contributed by atoms with van der Waals surface area (Å²) in [5.74, 6) is 0.534. The second-order valence-electron chi connectivity index (χ2n) is 8.41. The number of benzene rings is 3. The largest absolute Gasteiger partial charge is 0.340 e. The predicted molar refractivity (Wildman–Crippen MR) is 132 cm³/mol. The summed E-state index contributed by atoms with van der Waals surface area (Å²) >= 11 is 0. The second kappa shape index (κ2) is 11.4. The van der Waals surface area contributed by atoms with Crippen LogP contribution in [0.3, 0.4) is 0 Å². The molecule has 3 heteroatoms. The molecule has 1 saturated heterocycles. The van der Waals surface area contributed by atoms with E-state index in [0.717, 1.165) is 39.1 Å². The fraction of sp³-hybridized carbons (Fsp3) is 0.276. The van der Waals surface area contributed by atoms with Gasteiger partial charge in [0.1, 0.15) is 0 Å². The molecular weight excluding hydrogens is 392 g/mol. The van der Waals surface area contributed by atoms with E-state index in [0.29, 0.717) is 6.42 Å². The van der Waals surface area contributed by atoms with Gasteiger partial charge in [0.2, 0.25) is 5.91 Å². The number of piperazine rings is 1. The molecule has 0 N–H and O–H groups in total. The van der Waals surface area contributed by atoms with Crippen LogP contribution in [-0.2, 0) is 4.79 Å². The quantitative estimate of drug-likeness (QED) is 0.480. The summed E-state index contributed by atoms with van der Waals surface area (Å²) in [7, 11) is 0. The topological polar surface area (TPSA) is 23.6 Å². The van der Waals surface area contributed by atoms with E-state index in [4.69, 9.17) is 0 Å². The van der Waals surface area contributed by atoms with Gasteiger partial charge in [-0.25, -0.2) is 0 Å². The van der Waals surface area contributed by atoms with Gasteiger partial charge in [-0.1, -0.05) is 103 Å². The fourth-order valence-corrected chi connectivity index (χ4v) is 4.40. The van der Waals surface area contributed by atoms with Crippen LogP contribution in [0.25, 0.3) is 6.08 Å². The first-order valence-electron chi connectivity index (χ1n) is 11.6. The van der Waals surface area contributed by atoms with Gasteiger partial charge < -0.3 is 4.90 Å². The molecule has 0 spiro atoms. The van der Waals surface area contributed by atoms with Crippen molar-refractivity contribution in [2.75, 3.05) is 32.7 Å². The lowest BCUT2D eigenvalue weighted by Gasteiger charge is -2.34. The minimum absolute atomic E-state index is 0.255. The number of rotatable bonds is 8. The summed E-state index contributed by atoms with van der Waals surface area (Å²) in [5.41, 5.74) is 3.79. The third kappa shape index (κ3) is 6.18. The van der Waals surface area contributed by atoms with Crippen molar-refractivity contribution in [2.24, 2.45) is 0 Å². The Morgan fingerprint density at radius 2 is 1.28 bits per heavy atom. The van der Waals surface area contributed by atoms with Gasteiger partial charge in [0.15, 0.2) is 0 Å². The Kier molecular flexibility index (Phi) is 7.89. The predicted octanol–water partition coefficient (Wildman–Crippen LogP) is 5.46. The molecule has 1 aliphatic heterocycles. The van der Waals surface area contributed by atoms with Gasteiger partial charge in [0.05, 0.1) is 0 Å². The number of amides is 1. The number of carbonyl (C=O) groups is 1. The highest BCUT2D eigenvalue weighted by atomic mass is 16.2. The highest BCUT2D eigenvalue weighted by Crippen LogP contribution is 2.29. The van der Waals surface area contributed by atoms with Crippen molar-refractivity contribution in [3.63, 3.8) is 0 Å². The molecule has 3 aromatic carbocycles. The number of hydrogen-bond donors (Lipinski definition) is 0. The van der Waals surface area contributed by atoms with Gasteiger partial charge in [-0.05, 0) is 23.1 Å². The summed E-state index contributed by atoms with van der Waals surface area (Å²) in [6.07, 6.45) is 5.82. The van der Waals surface area contributed by atoms with Crippen LogP contribution in [0.5, 0.6) is 0 Å². The van der Waals surface area contributed by atoms with E-state index in [1.807, 2.05) is 23.1 Å². The molecule has 3 aromatic rings. The summed E-state index contributed by atoms with van der Waals surface area (Å²) in [5, 5.41) is 0. The molecule has 164 valence electrons. The average Bonchev–Trinajstić information content (AvgIpc) is 2.86. The van der Waals surface area contributed by atoms with E-state index < -0.39 is 0 Å². The zero-order chi connectivity index (χ0) is 22.0. The van der Waals surface area contributed by atoms with E-state index in [1.165, 1.54) is 16.7 Å². The highest BCUT2D eigenvalue weighted by molar-refractivity contribution is 5.76. The Bertz CT molecular complexity index is 938. The normalized spacial score (nSPS) is 14.8. The van der Waals surface area contributed by atoms with Gasteiger partial charge in [0.25, 0.3) is 0 Å². The lowest BCUT2D eigenvalue weighted by atomic mass is 9.87. The maximum absolute atomic E-state index is 13.0. The molecule has 4 rings (SSSR count). The first-order chi connectivity index (χ1) is 15.8. The van der Waals surface area contributed by atoms with Crippen molar-refractivity contribution in [2.45, 2.75) is 18.8 Å². The third-order valence-corrected chi connectivity index (χ3v) is 6.25. The SMILES string of the molecule is O=C(CCC(c1ccccc1)c1ccccc1)N1CCN(CC=Cc2ccccc2)CC1. The Balaban J connectivity index is 1.27. The van der Waals surface area contributed by atoms with Crippen molar-refractivity contribution in [1.29, 1.82) is 0 Å². The van der Waals surface area contributed by atoms with Crippen molar-refractivity contribution in [3.8, 4) is 0 Å². The molecule has 1 aliphatic rings. The van der Waals surface area contributed by atoms with E-state index in [2.05, 4.69) is 89.8 Å². The van der Waals surface area contributed by atoms with E-state index in [-0.39, 0.29) is 11.8 Å². The molecular formula is C29H32N2O. The molecule has 0 atom stereocenters. The maximum Gasteiger partial charge on any atom is 0.222 e. The van der Waals surface area contributed by atoms with Crippen LogP contribution in [0.2, 0.25) is 0 Å². The molecule has 1 heterocycles. The third-order valence-electron chi connectivity index (χ3n) is 6.25. The number of carbonyl (C=O) groups excluding carboxylic acids is 1. The first-order valence-corrected chi connectivity index (χ1v) is 11.6. The van der Waals surface area contributed by atoms with Crippen molar-refractivity contribution in [1.82, 2.24) is 9.80 Å². The van der Waals surface area contributed by atoms with E-state index >= 15 is 0 Å². The molecule has 3 nitrogen and oxygen atoms in total. The van der Waals surface area contributed by atoms with Crippen LogP contribution >= 0.6 is 0 Å². The van der Waals surface area contributed by atoms with Gasteiger partial charge in [-0.2, -0.15) is 0 Å². The van der Waals surface area contributed by atoms with Crippen LogP contribution in [0, 0.1) is 0 Å². The highest BCUT2D eigenvalue weighted by Gasteiger charge is 2.22. The lowest BCUT2D eigenvalue weighted by molar-refractivity contribution is -0.133. The molecule has 32 heavy (non-hydrogen) atoms. The summed E-state index contributed by atoms with van der Waals surface area (Å²) in [4.78, 5) is 17.4. The summed E-state index contributed by atoms with van der Waals surface area (Å²) in [6.45, 7) is 4.44. The van der Waals surface area contributed by atoms with E-state index in [1.54, 1.807) is 0 Å². The minimum Gasteiger partial charge on any atom is -0.340 e. The molecule has 1 fully saturated rings. The van der Waals surface area contributed by atoms with E-state index in [9.17, 15) is 4.79 Å². The van der Waals surface area contributed by atoms with Gasteiger partial charge in [-0.15, -0.1) is 0 Å². The minimum atomic E-state index is 0.255. The summed E-state index contributed by atoms with van der Waals surface area (Å²) in [6, 6.07) is 31.5. The van der Waals surface area contributed by atoms with Gasteiger partial charge in [0, 0.05) is 45.1 Å². The van der Waals surface area contributed by atoms with Crippen molar-refractivity contribution < 1.29 is 4.79 Å². The molecule has 0 bridgehead atoms. The van der Waals surface area contributed by atoms with Gasteiger partial charge >= 0.3 is 0 Å². The van der Waals surface area contributed by atoms with Crippen LogP contribution in [-0.4, -0.2) is 48.4 Å². The molecule has 0 aromatic heterocycles. The zero-order valence-corrected chi connectivity index (χ0v) is 18.6. The Hall–Kier alpha value is -3.17. The second-order valence-corrected chi connectivity index (χ2v) is 8.41. The van der Waals surface area contributed by atoms with Crippen LogP contribution in [0.4, 0.5) is 0 Å². The number of nitrogens with zero attached hydrogens (tertiary/aromatic N) is 2. The Morgan fingerprint density at radius 3 is 1.84 bits per heavy atom. The maximum atomic E-state index is 13.0. The molecule has 0 saturated carbocycles. The Morgan fingerprint density at radius 1 is 0.750 bits per heavy atom. The van der Waals surface area contributed by atoms with Gasteiger partial charge in [-0.3, -0.25) is 9.69 Å². The molecule has 0 aliphatic carbocycles. The summed E-state index contributed by atoms with van der Waals surface area (Å²) < 4.78 is 0. The number of hydrogen-bond acceptors (Lipinski definition) is 2. The van der Waals surface area contributed by atoms with Crippen LogP contribution in [0.1, 0.15) is 35.4 Å². The zero-order valence-electron chi connectivity index (χ0n) is 18.6. The standard InChI is InChI=1S/C29H32N2O/c32-29(19-18-28(26-14-6-2-7-15-26)27-16-8-3-9-17-27)31-23-21-30(22-24-31)20-10-13-25-11-4-1-5-12-25/h1-17,28H,18-24H2. The Labute approximate surface area is 192 Å². The van der Waals surface area contributed by atoms with Crippen molar-refractivity contribution >= 4 is 12.0 Å². The lowest BCUT2D eigenvalue weighted by Crippen LogP contribution is -2.48. The average molecular weight is 425 g/mol. The monoisotopic (exact) mass is 424 g/mol.